The van der Waals surface area contributed by atoms with E-state index in [4.69, 9.17) is 0 Å². The summed E-state index contributed by atoms with van der Waals surface area (Å²) in [5.41, 5.74) is 0.801. The number of guanidine groups is 1. The first-order valence-corrected chi connectivity index (χ1v) is 9.13. The van der Waals surface area contributed by atoms with Gasteiger partial charge in [0.2, 0.25) is 5.91 Å². The first-order valence-electron chi connectivity index (χ1n) is 8.34. The summed E-state index contributed by atoms with van der Waals surface area (Å²) >= 11 is 3.41. The normalized spacial score (nSPS) is 14.4. The van der Waals surface area contributed by atoms with Gasteiger partial charge in [0.05, 0.1) is 6.54 Å². The van der Waals surface area contributed by atoms with Crippen LogP contribution in [-0.4, -0.2) is 42.9 Å². The van der Waals surface area contributed by atoms with Gasteiger partial charge in [-0.25, -0.2) is 9.38 Å². The number of nitrogens with zero attached hydrogens (tertiary/aromatic N) is 2. The second-order valence-electron chi connectivity index (χ2n) is 5.70. The lowest BCUT2D eigenvalue weighted by atomic mass is 10.2. The van der Waals surface area contributed by atoms with Gasteiger partial charge in [-0.3, -0.25) is 4.79 Å². The molecule has 140 valence electrons. The van der Waals surface area contributed by atoms with Crippen molar-refractivity contribution in [3.63, 3.8) is 0 Å². The van der Waals surface area contributed by atoms with Gasteiger partial charge in [-0.15, -0.1) is 24.0 Å². The first-order chi connectivity index (χ1) is 11.6. The van der Waals surface area contributed by atoms with Crippen molar-refractivity contribution in [1.82, 2.24) is 15.5 Å². The highest BCUT2D eigenvalue weighted by Gasteiger charge is 2.18. The van der Waals surface area contributed by atoms with Crippen LogP contribution >= 0.6 is 39.9 Å². The highest BCUT2D eigenvalue weighted by Crippen LogP contribution is 2.18. The third-order valence-electron chi connectivity index (χ3n) is 3.83. The van der Waals surface area contributed by atoms with Crippen molar-refractivity contribution >= 4 is 51.8 Å². The Morgan fingerprint density at radius 2 is 2.20 bits per heavy atom. The molecule has 1 fully saturated rings. The second kappa shape index (κ2) is 11.7. The monoisotopic (exact) mass is 526 g/mol. The number of carbonyl (C=O) groups excluding carboxylic acids is 1. The van der Waals surface area contributed by atoms with Crippen LogP contribution in [0.25, 0.3) is 0 Å². The van der Waals surface area contributed by atoms with Gasteiger partial charge in [0.25, 0.3) is 0 Å². The minimum atomic E-state index is -0.267. The molecule has 2 rings (SSSR count). The van der Waals surface area contributed by atoms with Crippen LogP contribution in [0.3, 0.4) is 0 Å². The molecule has 0 saturated carbocycles. The van der Waals surface area contributed by atoms with E-state index in [-0.39, 0.29) is 35.7 Å². The third kappa shape index (κ3) is 7.47. The standard InChI is InChI=1S/C17H24BrFN4O.HI/c1-2-20-17(21-8-4-10-23-9-3-5-16(23)24)22-12-13-11-14(19)6-7-15(13)18;/h6-7,11H,2-5,8-10,12H2,1H3,(H2,20,21,22);1H. The summed E-state index contributed by atoms with van der Waals surface area (Å²) in [6.07, 6.45) is 2.53. The van der Waals surface area contributed by atoms with E-state index in [0.29, 0.717) is 18.9 Å². The number of carbonyl (C=O) groups is 1. The maximum atomic E-state index is 13.3. The predicted molar refractivity (Wildman–Crippen MR) is 113 cm³/mol. The van der Waals surface area contributed by atoms with Gasteiger partial charge in [-0.1, -0.05) is 15.9 Å². The van der Waals surface area contributed by atoms with Crippen LogP contribution < -0.4 is 10.6 Å². The van der Waals surface area contributed by atoms with Crippen LogP contribution in [0.4, 0.5) is 4.39 Å². The number of hydrogen-bond acceptors (Lipinski definition) is 2. The van der Waals surface area contributed by atoms with E-state index in [1.54, 1.807) is 6.07 Å². The van der Waals surface area contributed by atoms with Gasteiger partial charge in [-0.05, 0) is 43.5 Å². The van der Waals surface area contributed by atoms with E-state index in [1.165, 1.54) is 12.1 Å². The average molecular weight is 527 g/mol. The Kier molecular flexibility index (Phi) is 10.3. The number of aliphatic imine (C=N–C) groups is 1. The fourth-order valence-corrected chi connectivity index (χ4v) is 2.96. The van der Waals surface area contributed by atoms with E-state index >= 15 is 0 Å². The van der Waals surface area contributed by atoms with Crippen molar-refractivity contribution in [3.05, 3.63) is 34.1 Å². The zero-order valence-corrected chi connectivity index (χ0v) is 18.3. The fourth-order valence-electron chi connectivity index (χ4n) is 2.59. The molecular formula is C17H25BrFIN4O. The number of amides is 1. The number of hydrogen-bond donors (Lipinski definition) is 2. The van der Waals surface area contributed by atoms with Gasteiger partial charge in [0, 0.05) is 37.1 Å². The minimum absolute atomic E-state index is 0. The molecule has 0 aromatic heterocycles. The smallest absolute Gasteiger partial charge is 0.222 e. The lowest BCUT2D eigenvalue weighted by Crippen LogP contribution is -2.39. The molecule has 0 spiro atoms. The molecule has 0 aliphatic carbocycles. The largest absolute Gasteiger partial charge is 0.357 e. The molecule has 1 heterocycles. The molecule has 1 aromatic rings. The summed E-state index contributed by atoms with van der Waals surface area (Å²) < 4.78 is 14.2. The van der Waals surface area contributed by atoms with Gasteiger partial charge < -0.3 is 15.5 Å². The van der Waals surface area contributed by atoms with E-state index in [2.05, 4.69) is 31.6 Å². The minimum Gasteiger partial charge on any atom is -0.357 e. The SMILES string of the molecule is CCNC(=NCc1cc(F)ccc1Br)NCCCN1CCCC1=O.I. The van der Waals surface area contributed by atoms with Gasteiger partial charge in [0.1, 0.15) is 5.82 Å². The molecule has 0 radical (unpaired) electrons. The summed E-state index contributed by atoms with van der Waals surface area (Å²) in [6.45, 7) is 5.53. The molecule has 2 N–H and O–H groups in total. The Labute approximate surface area is 174 Å². The number of likely N-dealkylation sites (tertiary alicyclic amines) is 1. The van der Waals surface area contributed by atoms with Crippen molar-refractivity contribution in [2.45, 2.75) is 32.7 Å². The van der Waals surface area contributed by atoms with E-state index in [9.17, 15) is 9.18 Å². The molecule has 0 bridgehead atoms. The first kappa shape index (κ1) is 22.1. The lowest BCUT2D eigenvalue weighted by molar-refractivity contribution is -0.127. The molecule has 0 unspecified atom stereocenters. The summed E-state index contributed by atoms with van der Waals surface area (Å²) in [5, 5.41) is 6.43. The van der Waals surface area contributed by atoms with Crippen LogP contribution in [-0.2, 0) is 11.3 Å². The molecule has 1 aliphatic rings. The number of halogens is 3. The van der Waals surface area contributed by atoms with Crippen molar-refractivity contribution in [3.8, 4) is 0 Å². The third-order valence-corrected chi connectivity index (χ3v) is 4.60. The molecule has 25 heavy (non-hydrogen) atoms. The Hall–Kier alpha value is -0.900. The molecule has 1 saturated heterocycles. The molecule has 1 aromatic carbocycles. The van der Waals surface area contributed by atoms with Crippen LogP contribution in [0.15, 0.2) is 27.7 Å². The van der Waals surface area contributed by atoms with Crippen molar-refractivity contribution in [1.29, 1.82) is 0 Å². The molecule has 1 amide bonds. The molecule has 1 aliphatic heterocycles. The Morgan fingerprint density at radius 1 is 1.40 bits per heavy atom. The van der Waals surface area contributed by atoms with Crippen molar-refractivity contribution in [2.75, 3.05) is 26.2 Å². The topological polar surface area (TPSA) is 56.7 Å². The molecule has 5 nitrogen and oxygen atoms in total. The summed E-state index contributed by atoms with van der Waals surface area (Å²) in [5.74, 6) is 0.685. The highest BCUT2D eigenvalue weighted by atomic mass is 127. The summed E-state index contributed by atoms with van der Waals surface area (Å²) in [6, 6.07) is 4.59. The number of benzene rings is 1. The van der Waals surface area contributed by atoms with Crippen LogP contribution in [0, 0.1) is 5.82 Å². The van der Waals surface area contributed by atoms with Gasteiger partial charge in [-0.2, -0.15) is 0 Å². The number of nitrogens with one attached hydrogen (secondary N) is 2. The Bertz CT molecular complexity index is 600. The van der Waals surface area contributed by atoms with Crippen LogP contribution in [0.1, 0.15) is 31.7 Å². The highest BCUT2D eigenvalue weighted by molar-refractivity contribution is 14.0. The second-order valence-corrected chi connectivity index (χ2v) is 6.55. The van der Waals surface area contributed by atoms with Crippen molar-refractivity contribution < 1.29 is 9.18 Å². The fraction of sp³-hybridized carbons (Fsp3) is 0.529. The van der Waals surface area contributed by atoms with E-state index in [1.807, 2.05) is 11.8 Å². The predicted octanol–water partition coefficient (Wildman–Crippen LogP) is 3.27. The van der Waals surface area contributed by atoms with E-state index < -0.39 is 0 Å². The number of rotatable bonds is 7. The van der Waals surface area contributed by atoms with Crippen LogP contribution in [0.5, 0.6) is 0 Å². The van der Waals surface area contributed by atoms with Gasteiger partial charge >= 0.3 is 0 Å². The zero-order chi connectivity index (χ0) is 17.4. The maximum absolute atomic E-state index is 13.3. The van der Waals surface area contributed by atoms with Crippen LogP contribution in [0.2, 0.25) is 0 Å². The van der Waals surface area contributed by atoms with E-state index in [0.717, 1.165) is 49.1 Å². The Balaban J connectivity index is 0.00000312. The lowest BCUT2D eigenvalue weighted by Gasteiger charge is -2.16. The molecular weight excluding hydrogens is 502 g/mol. The maximum Gasteiger partial charge on any atom is 0.222 e. The Morgan fingerprint density at radius 3 is 2.88 bits per heavy atom. The van der Waals surface area contributed by atoms with Gasteiger partial charge in [0.15, 0.2) is 5.96 Å². The summed E-state index contributed by atoms with van der Waals surface area (Å²) in [7, 11) is 0. The zero-order valence-electron chi connectivity index (χ0n) is 14.4. The quantitative estimate of drug-likeness (QED) is 0.248. The molecule has 0 atom stereocenters. The van der Waals surface area contributed by atoms with Crippen molar-refractivity contribution in [2.24, 2.45) is 4.99 Å². The summed E-state index contributed by atoms with van der Waals surface area (Å²) in [4.78, 5) is 18.0. The molecule has 8 heteroatoms. The average Bonchev–Trinajstić information content (AvgIpc) is 2.97.